The van der Waals surface area contributed by atoms with Crippen LogP contribution in [-0.2, 0) is 0 Å². The predicted molar refractivity (Wildman–Crippen MR) is 66.5 cm³/mol. The van der Waals surface area contributed by atoms with Crippen LogP contribution in [0.4, 0.5) is 5.82 Å². The summed E-state index contributed by atoms with van der Waals surface area (Å²) in [6.45, 7) is 6.33. The Hall–Kier alpha value is -1.27. The van der Waals surface area contributed by atoms with Gasteiger partial charge < -0.3 is 10.2 Å². The van der Waals surface area contributed by atoms with Crippen LogP contribution in [0, 0.1) is 0 Å². The molecule has 0 fully saturated rings. The third kappa shape index (κ3) is 4.08. The molecule has 1 heterocycles. The molecule has 1 aromatic heterocycles. The van der Waals surface area contributed by atoms with Crippen LogP contribution in [0.1, 0.15) is 13.3 Å². The Morgan fingerprint density at radius 2 is 2.38 bits per heavy atom. The van der Waals surface area contributed by atoms with Crippen molar-refractivity contribution in [3.8, 4) is 5.88 Å². The molecule has 0 aromatic carbocycles. The normalized spacial score (nSPS) is 9.94. The largest absolute Gasteiger partial charge is 0.477 e. The first kappa shape index (κ1) is 12.8. The highest BCUT2D eigenvalue weighted by molar-refractivity contribution is 7.98. The molecule has 6 heteroatoms. The van der Waals surface area contributed by atoms with Crippen molar-refractivity contribution in [1.29, 1.82) is 0 Å². The first-order chi connectivity index (χ1) is 7.65. The Labute approximate surface area is 99.5 Å². The van der Waals surface area contributed by atoms with E-state index in [4.69, 9.17) is 10.6 Å². The van der Waals surface area contributed by atoms with Crippen LogP contribution in [0.15, 0.2) is 23.4 Å². The van der Waals surface area contributed by atoms with Gasteiger partial charge in [-0.3, -0.25) is 0 Å². The van der Waals surface area contributed by atoms with E-state index in [9.17, 15) is 0 Å². The van der Waals surface area contributed by atoms with E-state index >= 15 is 0 Å². The summed E-state index contributed by atoms with van der Waals surface area (Å²) in [4.78, 5) is 8.33. The number of hydrogen-bond acceptors (Lipinski definition) is 6. The zero-order valence-corrected chi connectivity index (χ0v) is 10.3. The standard InChI is InChI=1S/C10H16N4OS/c1-7(2)4-5-15-9-6-8(14-11)12-10(13-9)16-3/h6H,1,4-5,11H2,2-3H3,(H,12,13,14). The Balaban J connectivity index is 2.67. The molecule has 1 aromatic rings. The number of nitrogen functional groups attached to an aromatic ring is 1. The number of ether oxygens (including phenoxy) is 1. The number of nitrogens with two attached hydrogens (primary N) is 1. The number of nitrogens with one attached hydrogen (secondary N) is 1. The van der Waals surface area contributed by atoms with E-state index in [0.717, 1.165) is 12.0 Å². The predicted octanol–water partition coefficient (Wildman–Crippen LogP) is 1.83. The zero-order chi connectivity index (χ0) is 12.0. The number of aromatic nitrogens is 2. The second kappa shape index (κ2) is 6.34. The Bertz CT molecular complexity index is 348. The molecule has 0 aliphatic rings. The molecule has 0 atom stereocenters. The van der Waals surface area contributed by atoms with Gasteiger partial charge in [0.25, 0.3) is 0 Å². The molecule has 0 unspecified atom stereocenters. The number of anilines is 1. The van der Waals surface area contributed by atoms with E-state index in [1.165, 1.54) is 11.8 Å². The minimum atomic E-state index is 0.522. The fourth-order valence-corrected chi connectivity index (χ4v) is 1.34. The molecule has 0 saturated carbocycles. The average molecular weight is 240 g/mol. The third-order valence-electron chi connectivity index (χ3n) is 1.79. The molecule has 0 aliphatic heterocycles. The monoisotopic (exact) mass is 240 g/mol. The summed E-state index contributed by atoms with van der Waals surface area (Å²) >= 11 is 1.44. The maximum atomic E-state index is 5.48. The van der Waals surface area contributed by atoms with Crippen molar-refractivity contribution in [3.05, 3.63) is 18.2 Å². The molecule has 0 aliphatic carbocycles. The number of hydrogen-bond donors (Lipinski definition) is 2. The van der Waals surface area contributed by atoms with Crippen molar-refractivity contribution < 1.29 is 4.74 Å². The lowest BCUT2D eigenvalue weighted by Crippen LogP contribution is -2.10. The van der Waals surface area contributed by atoms with Gasteiger partial charge in [0.05, 0.1) is 6.61 Å². The first-order valence-electron chi connectivity index (χ1n) is 4.82. The Morgan fingerprint density at radius 1 is 1.62 bits per heavy atom. The number of thioether (sulfide) groups is 1. The fraction of sp³-hybridized carbons (Fsp3) is 0.400. The first-order valence-corrected chi connectivity index (χ1v) is 6.05. The highest BCUT2D eigenvalue weighted by Gasteiger charge is 2.03. The van der Waals surface area contributed by atoms with Gasteiger partial charge in [0.1, 0.15) is 5.82 Å². The van der Waals surface area contributed by atoms with Crippen molar-refractivity contribution in [2.45, 2.75) is 18.5 Å². The molecular formula is C10H16N4OS. The molecule has 0 radical (unpaired) electrons. The minimum Gasteiger partial charge on any atom is -0.477 e. The molecule has 0 amide bonds. The molecule has 3 N–H and O–H groups in total. The summed E-state index contributed by atoms with van der Waals surface area (Å²) in [7, 11) is 0. The van der Waals surface area contributed by atoms with Gasteiger partial charge in [0, 0.05) is 12.5 Å². The summed E-state index contributed by atoms with van der Waals surface area (Å²) < 4.78 is 5.48. The summed E-state index contributed by atoms with van der Waals surface area (Å²) in [5, 5.41) is 0.626. The van der Waals surface area contributed by atoms with Crippen molar-refractivity contribution in [3.63, 3.8) is 0 Å². The smallest absolute Gasteiger partial charge is 0.219 e. The van der Waals surface area contributed by atoms with Crippen molar-refractivity contribution >= 4 is 17.6 Å². The number of rotatable bonds is 6. The fourth-order valence-electron chi connectivity index (χ4n) is 0.973. The van der Waals surface area contributed by atoms with E-state index < -0.39 is 0 Å². The summed E-state index contributed by atoms with van der Waals surface area (Å²) in [6, 6.07) is 1.66. The zero-order valence-electron chi connectivity index (χ0n) is 9.49. The van der Waals surface area contributed by atoms with Gasteiger partial charge in [-0.1, -0.05) is 17.3 Å². The molecule has 16 heavy (non-hydrogen) atoms. The van der Waals surface area contributed by atoms with E-state index in [1.54, 1.807) is 6.07 Å². The SMILES string of the molecule is C=C(C)CCOc1cc(NN)nc(SC)n1. The van der Waals surface area contributed by atoms with Crippen LogP contribution in [-0.4, -0.2) is 22.8 Å². The van der Waals surface area contributed by atoms with E-state index in [-0.39, 0.29) is 0 Å². The van der Waals surface area contributed by atoms with Gasteiger partial charge in [-0.25, -0.2) is 10.8 Å². The van der Waals surface area contributed by atoms with E-state index in [0.29, 0.717) is 23.5 Å². The second-order valence-electron chi connectivity index (χ2n) is 3.28. The lowest BCUT2D eigenvalue weighted by Gasteiger charge is -2.07. The molecule has 5 nitrogen and oxygen atoms in total. The molecular weight excluding hydrogens is 224 g/mol. The number of nitrogens with zero attached hydrogens (tertiary/aromatic N) is 2. The van der Waals surface area contributed by atoms with Crippen molar-refractivity contribution in [2.75, 3.05) is 18.3 Å². The van der Waals surface area contributed by atoms with Crippen molar-refractivity contribution in [1.82, 2.24) is 9.97 Å². The second-order valence-corrected chi connectivity index (χ2v) is 4.05. The lowest BCUT2D eigenvalue weighted by molar-refractivity contribution is 0.306. The summed E-state index contributed by atoms with van der Waals surface area (Å²) in [5.41, 5.74) is 3.56. The highest BCUT2D eigenvalue weighted by atomic mass is 32.2. The van der Waals surface area contributed by atoms with Crippen LogP contribution in [0.3, 0.4) is 0 Å². The Morgan fingerprint density at radius 3 is 2.94 bits per heavy atom. The molecule has 0 bridgehead atoms. The van der Waals surface area contributed by atoms with Gasteiger partial charge in [0.2, 0.25) is 5.88 Å². The van der Waals surface area contributed by atoms with Gasteiger partial charge in [0.15, 0.2) is 5.16 Å². The average Bonchev–Trinajstić information content (AvgIpc) is 2.28. The third-order valence-corrected chi connectivity index (χ3v) is 2.34. The highest BCUT2D eigenvalue weighted by Crippen LogP contribution is 2.18. The lowest BCUT2D eigenvalue weighted by atomic mass is 10.3. The molecule has 0 spiro atoms. The van der Waals surface area contributed by atoms with Crippen LogP contribution in [0.25, 0.3) is 0 Å². The minimum absolute atomic E-state index is 0.522. The van der Waals surface area contributed by atoms with E-state index in [2.05, 4.69) is 22.0 Å². The Kier molecular flexibility index (Phi) is 5.07. The van der Waals surface area contributed by atoms with Crippen LogP contribution >= 0.6 is 11.8 Å². The topological polar surface area (TPSA) is 73.1 Å². The maximum absolute atomic E-state index is 5.48. The van der Waals surface area contributed by atoms with Crippen molar-refractivity contribution in [2.24, 2.45) is 5.84 Å². The van der Waals surface area contributed by atoms with Gasteiger partial charge in [-0.15, -0.1) is 6.58 Å². The van der Waals surface area contributed by atoms with Gasteiger partial charge in [-0.2, -0.15) is 4.98 Å². The van der Waals surface area contributed by atoms with Crippen LogP contribution < -0.4 is 16.0 Å². The van der Waals surface area contributed by atoms with Gasteiger partial charge >= 0.3 is 0 Å². The summed E-state index contributed by atoms with van der Waals surface area (Å²) in [6.07, 6.45) is 2.71. The van der Waals surface area contributed by atoms with Crippen LogP contribution in [0.5, 0.6) is 5.88 Å². The molecule has 1 rings (SSSR count). The van der Waals surface area contributed by atoms with Gasteiger partial charge in [-0.05, 0) is 13.2 Å². The quantitative estimate of drug-likeness (QED) is 0.260. The molecule has 0 saturated heterocycles. The van der Waals surface area contributed by atoms with E-state index in [1.807, 2.05) is 13.2 Å². The summed E-state index contributed by atoms with van der Waals surface area (Å²) in [5.74, 6) is 6.37. The van der Waals surface area contributed by atoms with Crippen LogP contribution in [0.2, 0.25) is 0 Å². The maximum Gasteiger partial charge on any atom is 0.219 e. The molecule has 88 valence electrons. The number of hydrazine groups is 1.